The normalized spacial score (nSPS) is 15.8. The van der Waals surface area contributed by atoms with Crippen molar-refractivity contribution in [3.8, 4) is 0 Å². The monoisotopic (exact) mass is 386 g/mol. The molecule has 1 aliphatic heterocycles. The van der Waals surface area contributed by atoms with Gasteiger partial charge in [-0.2, -0.15) is 0 Å². The van der Waals surface area contributed by atoms with Gasteiger partial charge in [-0.1, -0.05) is 30.3 Å². The van der Waals surface area contributed by atoms with Crippen LogP contribution < -0.4 is 5.32 Å². The maximum absolute atomic E-state index is 12.6. The van der Waals surface area contributed by atoms with Crippen LogP contribution in [0.3, 0.4) is 0 Å². The number of methoxy groups -OCH3 is 1. The van der Waals surface area contributed by atoms with Crippen molar-refractivity contribution in [2.24, 2.45) is 0 Å². The number of rotatable bonds is 8. The van der Waals surface area contributed by atoms with Gasteiger partial charge in [0.1, 0.15) is 11.7 Å². The summed E-state index contributed by atoms with van der Waals surface area (Å²) < 4.78 is 12.1. The molecule has 150 valence electrons. The Bertz CT molecular complexity index is 772. The molecule has 1 N–H and O–H groups in total. The molecular formula is C20H26N4O4. The molecule has 1 saturated heterocycles. The fourth-order valence-electron chi connectivity index (χ4n) is 3.10. The summed E-state index contributed by atoms with van der Waals surface area (Å²) in [6, 6.07) is 8.73. The first kappa shape index (κ1) is 20.0. The predicted molar refractivity (Wildman–Crippen MR) is 103 cm³/mol. The number of hydrogen-bond acceptors (Lipinski definition) is 6. The smallest absolute Gasteiger partial charge is 0.328 e. The van der Waals surface area contributed by atoms with Gasteiger partial charge in [0.25, 0.3) is 5.91 Å². The first-order valence-electron chi connectivity index (χ1n) is 9.40. The van der Waals surface area contributed by atoms with Crippen molar-refractivity contribution < 1.29 is 19.1 Å². The summed E-state index contributed by atoms with van der Waals surface area (Å²) in [6.07, 6.45) is 3.70. The SMILES string of the molecule is COC(=O)[C@H](Cc1ccccc1)NC(=O)c1cn(CCN2CCOCC2)cn1. The second kappa shape index (κ2) is 10.0. The van der Waals surface area contributed by atoms with Crippen LogP contribution in [-0.2, 0) is 27.2 Å². The molecule has 2 aromatic rings. The van der Waals surface area contributed by atoms with Crippen molar-refractivity contribution >= 4 is 11.9 Å². The highest BCUT2D eigenvalue weighted by atomic mass is 16.5. The Balaban J connectivity index is 1.57. The number of hydrogen-bond donors (Lipinski definition) is 1. The molecule has 1 atom stereocenters. The summed E-state index contributed by atoms with van der Waals surface area (Å²) in [5, 5.41) is 2.74. The average molecular weight is 386 g/mol. The molecule has 3 rings (SSSR count). The standard InChI is InChI=1S/C20H26N4O4/c1-27-20(26)17(13-16-5-3-2-4-6-16)22-19(25)18-14-24(15-21-18)8-7-23-9-11-28-12-10-23/h2-6,14-15,17H,7-13H2,1H3,(H,22,25)/t17-/m0/s1. The Morgan fingerprint density at radius 3 is 2.68 bits per heavy atom. The lowest BCUT2D eigenvalue weighted by molar-refractivity contribution is -0.142. The molecule has 0 unspecified atom stereocenters. The number of carbonyl (C=O) groups is 2. The van der Waals surface area contributed by atoms with Gasteiger partial charge in [-0.25, -0.2) is 9.78 Å². The third-order valence-electron chi connectivity index (χ3n) is 4.72. The van der Waals surface area contributed by atoms with Gasteiger partial charge in [-0.05, 0) is 5.56 Å². The van der Waals surface area contributed by atoms with Crippen LogP contribution in [0.5, 0.6) is 0 Å². The minimum Gasteiger partial charge on any atom is -0.467 e. The van der Waals surface area contributed by atoms with E-state index in [4.69, 9.17) is 9.47 Å². The number of nitrogens with zero attached hydrogens (tertiary/aromatic N) is 3. The van der Waals surface area contributed by atoms with Crippen LogP contribution in [0.2, 0.25) is 0 Å². The van der Waals surface area contributed by atoms with E-state index in [1.807, 2.05) is 34.9 Å². The van der Waals surface area contributed by atoms with Gasteiger partial charge >= 0.3 is 5.97 Å². The summed E-state index contributed by atoms with van der Waals surface area (Å²) in [7, 11) is 1.31. The number of morpholine rings is 1. The van der Waals surface area contributed by atoms with Gasteiger partial charge < -0.3 is 19.4 Å². The van der Waals surface area contributed by atoms with E-state index in [0.29, 0.717) is 6.42 Å². The molecule has 0 saturated carbocycles. The van der Waals surface area contributed by atoms with Crippen LogP contribution in [0.4, 0.5) is 0 Å². The molecule has 0 aliphatic carbocycles. The van der Waals surface area contributed by atoms with Crippen molar-refractivity contribution in [2.75, 3.05) is 40.0 Å². The first-order chi connectivity index (χ1) is 13.7. The highest BCUT2D eigenvalue weighted by Gasteiger charge is 2.23. The summed E-state index contributed by atoms with van der Waals surface area (Å²) in [5.74, 6) is -0.875. The molecule has 0 bridgehead atoms. The lowest BCUT2D eigenvalue weighted by Crippen LogP contribution is -2.43. The minimum absolute atomic E-state index is 0.281. The second-order valence-corrected chi connectivity index (χ2v) is 6.69. The van der Waals surface area contributed by atoms with Gasteiger partial charge in [0, 0.05) is 38.8 Å². The van der Waals surface area contributed by atoms with E-state index in [0.717, 1.165) is 45.0 Å². The average Bonchev–Trinajstić information content (AvgIpc) is 3.22. The molecular weight excluding hydrogens is 360 g/mol. The zero-order chi connectivity index (χ0) is 19.8. The van der Waals surface area contributed by atoms with Gasteiger partial charge in [-0.15, -0.1) is 0 Å². The third-order valence-corrected chi connectivity index (χ3v) is 4.72. The van der Waals surface area contributed by atoms with Crippen LogP contribution in [0.1, 0.15) is 16.1 Å². The number of imidazole rings is 1. The third kappa shape index (κ3) is 5.64. The Kier molecular flexibility index (Phi) is 7.16. The Morgan fingerprint density at radius 2 is 1.96 bits per heavy atom. The minimum atomic E-state index is -0.765. The van der Waals surface area contributed by atoms with E-state index in [-0.39, 0.29) is 5.69 Å². The largest absolute Gasteiger partial charge is 0.467 e. The van der Waals surface area contributed by atoms with Crippen LogP contribution in [0, 0.1) is 0 Å². The molecule has 8 heteroatoms. The van der Waals surface area contributed by atoms with E-state index in [9.17, 15) is 9.59 Å². The van der Waals surface area contributed by atoms with Crippen molar-refractivity contribution in [2.45, 2.75) is 19.0 Å². The van der Waals surface area contributed by atoms with Gasteiger partial charge in [-0.3, -0.25) is 9.69 Å². The molecule has 1 amide bonds. The topological polar surface area (TPSA) is 85.7 Å². The maximum atomic E-state index is 12.6. The molecule has 8 nitrogen and oxygen atoms in total. The summed E-state index contributed by atoms with van der Waals surface area (Å²) in [4.78, 5) is 31.1. The van der Waals surface area contributed by atoms with E-state index >= 15 is 0 Å². The molecule has 1 aliphatic rings. The number of carbonyl (C=O) groups excluding carboxylic acids is 2. The molecule has 2 heterocycles. The van der Waals surface area contributed by atoms with Gasteiger partial charge in [0.05, 0.1) is 26.7 Å². The predicted octanol–water partition coefficient (Wildman–Crippen LogP) is 0.729. The first-order valence-corrected chi connectivity index (χ1v) is 9.40. The molecule has 1 aromatic carbocycles. The molecule has 0 radical (unpaired) electrons. The number of nitrogens with one attached hydrogen (secondary N) is 1. The summed E-state index contributed by atoms with van der Waals surface area (Å²) >= 11 is 0. The number of amides is 1. The second-order valence-electron chi connectivity index (χ2n) is 6.69. The van der Waals surface area contributed by atoms with Crippen LogP contribution in [0.15, 0.2) is 42.9 Å². The van der Waals surface area contributed by atoms with E-state index < -0.39 is 17.9 Å². The van der Waals surface area contributed by atoms with E-state index in [2.05, 4.69) is 15.2 Å². The lowest BCUT2D eigenvalue weighted by atomic mass is 10.1. The molecule has 1 aromatic heterocycles. The number of aromatic nitrogens is 2. The Morgan fingerprint density at radius 1 is 1.21 bits per heavy atom. The molecule has 1 fully saturated rings. The van der Waals surface area contributed by atoms with Crippen molar-refractivity contribution in [3.05, 3.63) is 54.1 Å². The number of ether oxygens (including phenoxy) is 2. The maximum Gasteiger partial charge on any atom is 0.328 e. The molecule has 28 heavy (non-hydrogen) atoms. The summed E-state index contributed by atoms with van der Waals surface area (Å²) in [6.45, 7) is 4.97. The van der Waals surface area contributed by atoms with E-state index in [1.165, 1.54) is 7.11 Å². The van der Waals surface area contributed by atoms with Crippen molar-refractivity contribution in [1.29, 1.82) is 0 Å². The fourth-order valence-corrected chi connectivity index (χ4v) is 3.10. The highest BCUT2D eigenvalue weighted by Crippen LogP contribution is 2.06. The lowest BCUT2D eigenvalue weighted by Gasteiger charge is -2.26. The van der Waals surface area contributed by atoms with Crippen LogP contribution in [0.25, 0.3) is 0 Å². The van der Waals surface area contributed by atoms with Crippen LogP contribution in [-0.4, -0.2) is 72.3 Å². The highest BCUT2D eigenvalue weighted by molar-refractivity contribution is 5.95. The van der Waals surface area contributed by atoms with Crippen molar-refractivity contribution in [3.63, 3.8) is 0 Å². The molecule has 0 spiro atoms. The van der Waals surface area contributed by atoms with Crippen molar-refractivity contribution in [1.82, 2.24) is 19.8 Å². The Labute approximate surface area is 164 Å². The van der Waals surface area contributed by atoms with Gasteiger partial charge in [0.15, 0.2) is 0 Å². The van der Waals surface area contributed by atoms with Gasteiger partial charge in [0.2, 0.25) is 0 Å². The summed E-state index contributed by atoms with van der Waals surface area (Å²) in [5.41, 5.74) is 1.22. The zero-order valence-corrected chi connectivity index (χ0v) is 16.0. The fraction of sp³-hybridized carbons (Fsp3) is 0.450. The number of esters is 1. The van der Waals surface area contributed by atoms with E-state index in [1.54, 1.807) is 12.5 Å². The quantitative estimate of drug-likeness (QED) is 0.673. The Hall–Kier alpha value is -2.71. The zero-order valence-electron chi connectivity index (χ0n) is 16.0. The number of benzene rings is 1. The van der Waals surface area contributed by atoms with Crippen LogP contribution >= 0.6 is 0 Å².